The molecule has 0 aliphatic carbocycles. The predicted molar refractivity (Wildman–Crippen MR) is 92.7 cm³/mol. The predicted octanol–water partition coefficient (Wildman–Crippen LogP) is 2.05. The van der Waals surface area contributed by atoms with Gasteiger partial charge in [0.1, 0.15) is 17.6 Å². The van der Waals surface area contributed by atoms with Gasteiger partial charge < -0.3 is 14.6 Å². The number of nitrogens with one attached hydrogen (secondary N) is 1. The molecule has 8 nitrogen and oxygen atoms in total. The molecule has 1 aromatic carbocycles. The number of alkyl halides is 3. The highest BCUT2D eigenvalue weighted by molar-refractivity contribution is 7.00. The largest absolute Gasteiger partial charge is 0.454 e. The first-order valence-corrected chi connectivity index (χ1v) is 8.41. The van der Waals surface area contributed by atoms with Crippen LogP contribution in [0.3, 0.4) is 0 Å². The first-order chi connectivity index (χ1) is 13.2. The minimum absolute atomic E-state index is 0.376. The lowest BCUT2D eigenvalue weighted by Crippen LogP contribution is -2.28. The van der Waals surface area contributed by atoms with Crippen LogP contribution < -0.4 is 10.9 Å². The van der Waals surface area contributed by atoms with Crippen molar-refractivity contribution in [1.29, 1.82) is 0 Å². The highest BCUT2D eigenvalue weighted by Crippen LogP contribution is 2.28. The number of benzene rings is 1. The maximum atomic E-state index is 12.7. The number of hydrogen-bond acceptors (Lipinski definition) is 7. The second kappa shape index (κ2) is 7.76. The van der Waals surface area contributed by atoms with Crippen LogP contribution in [0.1, 0.15) is 5.56 Å². The zero-order valence-corrected chi connectivity index (χ0v) is 14.7. The molecule has 0 aliphatic heterocycles. The third-order valence-electron chi connectivity index (χ3n) is 3.53. The highest BCUT2D eigenvalue weighted by atomic mass is 32.1. The van der Waals surface area contributed by atoms with Crippen molar-refractivity contribution in [3.63, 3.8) is 0 Å². The Morgan fingerprint density at radius 2 is 1.96 bits per heavy atom. The van der Waals surface area contributed by atoms with Crippen LogP contribution in [0.4, 0.5) is 18.9 Å². The van der Waals surface area contributed by atoms with E-state index in [1.165, 1.54) is 0 Å². The summed E-state index contributed by atoms with van der Waals surface area (Å²) in [6.07, 6.45) is -4.15. The van der Waals surface area contributed by atoms with Gasteiger partial charge in [0.05, 0.1) is 23.0 Å². The topological polar surface area (TPSA) is 103 Å². The molecule has 3 aromatic rings. The molecule has 0 spiro atoms. The summed E-state index contributed by atoms with van der Waals surface area (Å²) < 4.78 is 51.4. The number of carbonyl (C=O) groups excluding carboxylic acids is 2. The summed E-state index contributed by atoms with van der Waals surface area (Å²) >= 11 is 0.969. The van der Waals surface area contributed by atoms with Crippen LogP contribution in [-0.4, -0.2) is 31.8 Å². The Hall–Kier alpha value is -3.28. The lowest BCUT2D eigenvalue weighted by Gasteiger charge is -2.11. The summed E-state index contributed by atoms with van der Waals surface area (Å²) in [6.45, 7) is -1.44. The van der Waals surface area contributed by atoms with Gasteiger partial charge in [0.15, 0.2) is 6.61 Å². The first kappa shape index (κ1) is 19.5. The van der Waals surface area contributed by atoms with Gasteiger partial charge in [-0.25, -0.2) is 0 Å². The van der Waals surface area contributed by atoms with Crippen LogP contribution in [0.15, 0.2) is 41.3 Å². The molecule has 2 heterocycles. The number of pyridine rings is 1. The van der Waals surface area contributed by atoms with Crippen molar-refractivity contribution >= 4 is 40.3 Å². The quantitative estimate of drug-likeness (QED) is 0.644. The number of anilines is 1. The molecule has 1 N–H and O–H groups in total. The molecule has 0 saturated carbocycles. The molecular weight excluding hydrogens is 401 g/mol. The lowest BCUT2D eigenvalue weighted by atomic mass is 10.2. The van der Waals surface area contributed by atoms with Gasteiger partial charge in [-0.1, -0.05) is 6.07 Å². The number of fused-ring (bicyclic) bond motifs is 1. The number of ether oxygens (including phenoxy) is 1. The third kappa shape index (κ3) is 4.52. The van der Waals surface area contributed by atoms with E-state index >= 15 is 0 Å². The fourth-order valence-electron chi connectivity index (χ4n) is 2.25. The molecule has 0 unspecified atom stereocenters. The maximum absolute atomic E-state index is 12.7. The molecule has 0 bridgehead atoms. The number of halogens is 3. The minimum atomic E-state index is -4.66. The van der Waals surface area contributed by atoms with Crippen molar-refractivity contribution < 1.29 is 27.5 Å². The van der Waals surface area contributed by atoms with Crippen LogP contribution in [0, 0.1) is 0 Å². The highest BCUT2D eigenvalue weighted by Gasteiger charge is 2.31. The van der Waals surface area contributed by atoms with Crippen molar-refractivity contribution in [3.05, 3.63) is 52.4 Å². The van der Waals surface area contributed by atoms with Gasteiger partial charge in [0.25, 0.3) is 11.5 Å². The van der Waals surface area contributed by atoms with Crippen LogP contribution in [0.2, 0.25) is 0 Å². The van der Waals surface area contributed by atoms with Crippen molar-refractivity contribution in [1.82, 2.24) is 13.3 Å². The van der Waals surface area contributed by atoms with E-state index in [2.05, 4.69) is 14.1 Å². The second-order valence-electron chi connectivity index (χ2n) is 5.53. The summed E-state index contributed by atoms with van der Waals surface area (Å²) in [5.41, 5.74) is -0.451. The summed E-state index contributed by atoms with van der Waals surface area (Å²) in [4.78, 5) is 35.3. The van der Waals surface area contributed by atoms with E-state index in [9.17, 15) is 27.6 Å². The molecule has 0 aliphatic rings. The Balaban J connectivity index is 1.59. The minimum Gasteiger partial charge on any atom is -0.454 e. The lowest BCUT2D eigenvalue weighted by molar-refractivity contribution is -0.148. The monoisotopic (exact) mass is 412 g/mol. The van der Waals surface area contributed by atoms with Gasteiger partial charge in [-0.3, -0.25) is 14.4 Å². The van der Waals surface area contributed by atoms with E-state index in [0.717, 1.165) is 11.7 Å². The van der Waals surface area contributed by atoms with Crippen LogP contribution in [0.25, 0.3) is 11.0 Å². The SMILES string of the molecule is O=C(COC(=O)Cn1cc(C(F)(F)F)ccc1=O)Nc1cccc2nsnc12. The van der Waals surface area contributed by atoms with Gasteiger partial charge in [-0.05, 0) is 18.2 Å². The number of carbonyl (C=O) groups is 2. The third-order valence-corrected chi connectivity index (χ3v) is 4.08. The molecule has 0 saturated heterocycles. The Labute approximate surface area is 158 Å². The average Bonchev–Trinajstić information content (AvgIpc) is 3.11. The van der Waals surface area contributed by atoms with E-state index in [1.807, 2.05) is 0 Å². The number of hydrogen-bond donors (Lipinski definition) is 1. The van der Waals surface area contributed by atoms with E-state index in [4.69, 9.17) is 4.74 Å². The van der Waals surface area contributed by atoms with Crippen molar-refractivity contribution in [2.75, 3.05) is 11.9 Å². The number of rotatable bonds is 5. The second-order valence-corrected chi connectivity index (χ2v) is 6.06. The fourth-order valence-corrected chi connectivity index (χ4v) is 2.80. The number of amides is 1. The standard InChI is InChI=1S/C16H11F3N4O4S/c17-16(18,19)9-4-5-13(25)23(6-9)7-14(26)27-8-12(24)20-10-2-1-3-11-15(10)22-28-21-11/h1-6H,7-8H2,(H,20,24). The summed E-state index contributed by atoms with van der Waals surface area (Å²) in [7, 11) is 0. The van der Waals surface area contributed by atoms with Gasteiger partial charge in [0.2, 0.25) is 0 Å². The van der Waals surface area contributed by atoms with Gasteiger partial charge >= 0.3 is 12.1 Å². The average molecular weight is 412 g/mol. The number of aromatic nitrogens is 3. The molecule has 0 radical (unpaired) electrons. The van der Waals surface area contributed by atoms with Gasteiger partial charge in [-0.15, -0.1) is 0 Å². The smallest absolute Gasteiger partial charge is 0.417 e. The Kier molecular flexibility index (Phi) is 5.40. The molecule has 146 valence electrons. The van der Waals surface area contributed by atoms with Crippen LogP contribution >= 0.6 is 11.7 Å². The molecule has 0 fully saturated rings. The molecule has 28 heavy (non-hydrogen) atoms. The summed E-state index contributed by atoms with van der Waals surface area (Å²) in [6, 6.07) is 6.27. The first-order valence-electron chi connectivity index (χ1n) is 7.68. The normalized spacial score (nSPS) is 11.4. The molecule has 3 rings (SSSR count). The number of esters is 1. The van der Waals surface area contributed by atoms with E-state index in [-0.39, 0.29) is 0 Å². The van der Waals surface area contributed by atoms with Crippen molar-refractivity contribution in [3.8, 4) is 0 Å². The van der Waals surface area contributed by atoms with Crippen LogP contribution in [-0.2, 0) is 27.0 Å². The Morgan fingerprint density at radius 3 is 2.71 bits per heavy atom. The Morgan fingerprint density at radius 1 is 1.18 bits per heavy atom. The summed E-state index contributed by atoms with van der Waals surface area (Å²) in [5.74, 6) is -1.71. The van der Waals surface area contributed by atoms with Crippen molar-refractivity contribution in [2.24, 2.45) is 0 Å². The van der Waals surface area contributed by atoms with E-state index in [0.29, 0.717) is 39.6 Å². The maximum Gasteiger partial charge on any atom is 0.417 e. The zero-order valence-electron chi connectivity index (χ0n) is 13.9. The van der Waals surface area contributed by atoms with Crippen molar-refractivity contribution in [2.45, 2.75) is 12.7 Å². The van der Waals surface area contributed by atoms with Gasteiger partial charge in [-0.2, -0.15) is 21.9 Å². The molecule has 2 aromatic heterocycles. The zero-order chi connectivity index (χ0) is 20.3. The van der Waals surface area contributed by atoms with Gasteiger partial charge in [0, 0.05) is 12.3 Å². The van der Waals surface area contributed by atoms with Crippen LogP contribution in [0.5, 0.6) is 0 Å². The van der Waals surface area contributed by atoms with E-state index < -0.39 is 42.3 Å². The molecule has 1 amide bonds. The molecular formula is C16H11F3N4O4S. The fraction of sp³-hybridized carbons (Fsp3) is 0.188. The summed E-state index contributed by atoms with van der Waals surface area (Å²) in [5, 5.41) is 2.50. The van der Waals surface area contributed by atoms with E-state index in [1.54, 1.807) is 18.2 Å². The molecule has 0 atom stereocenters. The molecule has 12 heteroatoms. The number of nitrogens with zero attached hydrogens (tertiary/aromatic N) is 3. The Bertz CT molecular complexity index is 1090.